The Morgan fingerprint density at radius 2 is 1.55 bits per heavy atom. The van der Waals surface area contributed by atoms with Gasteiger partial charge in [0.1, 0.15) is 29.1 Å². The zero-order valence-electron chi connectivity index (χ0n) is 24.2. The molecule has 0 radical (unpaired) electrons. The molecule has 1 saturated carbocycles. The van der Waals surface area contributed by atoms with E-state index in [4.69, 9.17) is 9.47 Å². The molecule has 3 aromatic carbocycles. The number of hydrogen-bond acceptors (Lipinski definition) is 5. The van der Waals surface area contributed by atoms with Gasteiger partial charge >= 0.3 is 0 Å². The molecule has 2 aliphatic heterocycles. The Balaban J connectivity index is 1.13. The van der Waals surface area contributed by atoms with Gasteiger partial charge in [-0.3, -0.25) is 9.69 Å². The lowest BCUT2D eigenvalue weighted by Gasteiger charge is -2.50. The van der Waals surface area contributed by atoms with Crippen LogP contribution in [0.25, 0.3) is 0 Å². The summed E-state index contributed by atoms with van der Waals surface area (Å²) >= 11 is 0. The number of nitrogens with one attached hydrogen (secondary N) is 1. The third-order valence-electron chi connectivity index (χ3n) is 8.89. The average Bonchev–Trinajstić information content (AvgIpc) is 3.74. The minimum atomic E-state index is -0.818. The second-order valence-corrected chi connectivity index (χ2v) is 12.0. The Bertz CT molecular complexity index is 1370. The van der Waals surface area contributed by atoms with Crippen LogP contribution in [0.5, 0.6) is 5.75 Å². The number of rotatable bonds is 9. The predicted molar refractivity (Wildman–Crippen MR) is 157 cm³/mol. The van der Waals surface area contributed by atoms with E-state index < -0.39 is 34.3 Å². The lowest BCUT2D eigenvalue weighted by atomic mass is 9.87. The highest BCUT2D eigenvalue weighted by molar-refractivity contribution is 5.95. The molecule has 1 atom stereocenters. The molecule has 3 aliphatic rings. The Morgan fingerprint density at radius 3 is 2.21 bits per heavy atom. The van der Waals surface area contributed by atoms with Crippen molar-refractivity contribution in [1.82, 2.24) is 15.1 Å². The van der Waals surface area contributed by atoms with Crippen LogP contribution < -0.4 is 10.1 Å². The second kappa shape index (κ2) is 12.1. The van der Waals surface area contributed by atoms with Gasteiger partial charge in [0, 0.05) is 31.6 Å². The van der Waals surface area contributed by atoms with E-state index in [0.717, 1.165) is 87.3 Å². The van der Waals surface area contributed by atoms with Gasteiger partial charge in [0.05, 0.1) is 24.3 Å². The number of hydrogen-bond donors (Lipinski definition) is 1. The van der Waals surface area contributed by atoms with Gasteiger partial charge in [-0.2, -0.15) is 0 Å². The molecule has 2 spiro atoms. The summed E-state index contributed by atoms with van der Waals surface area (Å²) in [6.07, 6.45) is 4.02. The van der Waals surface area contributed by atoms with Crippen LogP contribution >= 0.6 is 0 Å². The van der Waals surface area contributed by atoms with Gasteiger partial charge in [-0.1, -0.05) is 54.6 Å². The molecule has 3 fully saturated rings. The van der Waals surface area contributed by atoms with Gasteiger partial charge in [0.15, 0.2) is 0 Å². The van der Waals surface area contributed by atoms with E-state index in [-0.39, 0.29) is 6.10 Å². The quantitative estimate of drug-likeness (QED) is 0.353. The van der Waals surface area contributed by atoms with E-state index in [1.165, 1.54) is 6.07 Å². The Labute approximate surface area is 246 Å². The minimum absolute atomic E-state index is 0.0578. The summed E-state index contributed by atoms with van der Waals surface area (Å²) in [7, 11) is 1.95. The van der Waals surface area contributed by atoms with Crippen molar-refractivity contribution in [3.05, 3.63) is 101 Å². The summed E-state index contributed by atoms with van der Waals surface area (Å²) in [5.41, 5.74) is 0.916. The summed E-state index contributed by atoms with van der Waals surface area (Å²) in [5, 5.41) is 3.24. The molecular formula is C34H39F2N3O3. The number of halogens is 2. The van der Waals surface area contributed by atoms with Crippen molar-refractivity contribution in [1.29, 1.82) is 0 Å². The van der Waals surface area contributed by atoms with Gasteiger partial charge in [0.2, 0.25) is 0 Å². The first-order valence-corrected chi connectivity index (χ1v) is 15.0. The molecule has 42 heavy (non-hydrogen) atoms. The molecule has 1 N–H and O–H groups in total. The lowest BCUT2D eigenvalue weighted by molar-refractivity contribution is -0.180. The zero-order valence-corrected chi connectivity index (χ0v) is 24.2. The molecule has 3 aromatic rings. The third-order valence-corrected chi connectivity index (χ3v) is 8.89. The van der Waals surface area contributed by atoms with Gasteiger partial charge < -0.3 is 19.7 Å². The highest BCUT2D eigenvalue weighted by Gasteiger charge is 2.57. The summed E-state index contributed by atoms with van der Waals surface area (Å²) < 4.78 is 42.3. The number of amides is 1. The summed E-state index contributed by atoms with van der Waals surface area (Å²) in [5.74, 6) is -1.33. The molecule has 8 heteroatoms. The van der Waals surface area contributed by atoms with E-state index in [1.807, 2.05) is 43.4 Å². The highest BCUT2D eigenvalue weighted by atomic mass is 19.1. The number of morpholine rings is 1. The van der Waals surface area contributed by atoms with Crippen LogP contribution in [0.15, 0.2) is 72.8 Å². The fourth-order valence-electron chi connectivity index (χ4n) is 6.44. The number of carbonyl (C=O) groups is 1. The minimum Gasteiger partial charge on any atom is -0.485 e. The molecule has 0 bridgehead atoms. The van der Waals surface area contributed by atoms with Crippen LogP contribution in [0.1, 0.15) is 59.7 Å². The fraction of sp³-hybridized carbons (Fsp3) is 0.441. The lowest BCUT2D eigenvalue weighted by Crippen LogP contribution is -2.61. The van der Waals surface area contributed by atoms with Crippen LogP contribution in [0, 0.1) is 11.6 Å². The number of nitrogens with zero attached hydrogens (tertiary/aromatic N) is 2. The summed E-state index contributed by atoms with van der Waals surface area (Å²) in [6.45, 7) is 3.91. The van der Waals surface area contributed by atoms with Crippen molar-refractivity contribution in [2.45, 2.75) is 56.0 Å². The van der Waals surface area contributed by atoms with E-state index in [2.05, 4.69) is 28.4 Å². The molecule has 1 unspecified atom stereocenters. The maximum absolute atomic E-state index is 14.5. The SMILES string of the molecule is CNCCC(Oc1ccccc1CN1CCC2(CC1)CN(C(=O)c1c(F)cccc1F)CC1(CC1)O2)c1ccccc1. The maximum atomic E-state index is 14.5. The molecule has 1 amide bonds. The summed E-state index contributed by atoms with van der Waals surface area (Å²) in [6, 6.07) is 22.1. The van der Waals surface area contributed by atoms with Crippen LogP contribution in [-0.4, -0.2) is 66.7 Å². The number of carbonyl (C=O) groups excluding carboxylic acids is 1. The average molecular weight is 576 g/mol. The standard InChI is InChI=1S/C34H39F2N3O3/c1-37-19-14-30(25-8-3-2-4-9-25)41-29-13-6-5-10-26(29)22-38-20-17-34(18-21-38)24-39(23-33(42-34)15-16-33)32(40)31-27(35)11-7-12-28(31)36/h2-13,30,37H,14-24H2,1H3. The molecule has 6 nitrogen and oxygen atoms in total. The van der Waals surface area contributed by atoms with Gasteiger partial charge in [-0.25, -0.2) is 8.78 Å². The molecule has 6 rings (SSSR count). The van der Waals surface area contributed by atoms with E-state index in [9.17, 15) is 13.6 Å². The van der Waals surface area contributed by atoms with Crippen molar-refractivity contribution < 1.29 is 23.0 Å². The third kappa shape index (κ3) is 6.21. The monoisotopic (exact) mass is 575 g/mol. The zero-order chi connectivity index (χ0) is 29.2. The van der Waals surface area contributed by atoms with Crippen LogP contribution in [0.3, 0.4) is 0 Å². The smallest absolute Gasteiger partial charge is 0.260 e. The number of benzene rings is 3. The Hall–Kier alpha value is -3.33. The molecule has 0 aromatic heterocycles. The largest absolute Gasteiger partial charge is 0.485 e. The van der Waals surface area contributed by atoms with Crippen molar-refractivity contribution in [3.8, 4) is 5.75 Å². The number of para-hydroxylation sites is 1. The first-order valence-electron chi connectivity index (χ1n) is 15.0. The Kier molecular flexibility index (Phi) is 8.30. The van der Waals surface area contributed by atoms with Gasteiger partial charge in [-0.05, 0) is 63.0 Å². The predicted octanol–water partition coefficient (Wildman–Crippen LogP) is 5.73. The van der Waals surface area contributed by atoms with Crippen molar-refractivity contribution in [2.75, 3.05) is 39.8 Å². The van der Waals surface area contributed by atoms with Gasteiger partial charge in [-0.15, -0.1) is 0 Å². The number of piperidine rings is 1. The molecule has 2 saturated heterocycles. The van der Waals surface area contributed by atoms with Crippen molar-refractivity contribution in [2.24, 2.45) is 0 Å². The first-order chi connectivity index (χ1) is 20.4. The van der Waals surface area contributed by atoms with Crippen LogP contribution in [-0.2, 0) is 11.3 Å². The molecule has 1 aliphatic carbocycles. The van der Waals surface area contributed by atoms with Crippen molar-refractivity contribution >= 4 is 5.91 Å². The van der Waals surface area contributed by atoms with Crippen LogP contribution in [0.4, 0.5) is 8.78 Å². The fourth-order valence-corrected chi connectivity index (χ4v) is 6.44. The molecule has 2 heterocycles. The maximum Gasteiger partial charge on any atom is 0.260 e. The van der Waals surface area contributed by atoms with Crippen LogP contribution in [0.2, 0.25) is 0 Å². The normalized spacial score (nSPS) is 20.0. The molecular weight excluding hydrogens is 536 g/mol. The second-order valence-electron chi connectivity index (χ2n) is 12.0. The van der Waals surface area contributed by atoms with E-state index in [0.29, 0.717) is 13.1 Å². The topological polar surface area (TPSA) is 54.0 Å². The number of ether oxygens (including phenoxy) is 2. The Morgan fingerprint density at radius 1 is 0.905 bits per heavy atom. The number of likely N-dealkylation sites (tertiary alicyclic amines) is 1. The highest BCUT2D eigenvalue weighted by Crippen LogP contribution is 2.49. The van der Waals surface area contributed by atoms with Gasteiger partial charge in [0.25, 0.3) is 5.91 Å². The van der Waals surface area contributed by atoms with E-state index in [1.54, 1.807) is 4.90 Å². The van der Waals surface area contributed by atoms with E-state index >= 15 is 0 Å². The summed E-state index contributed by atoms with van der Waals surface area (Å²) in [4.78, 5) is 17.4. The molecule has 222 valence electrons. The first kappa shape index (κ1) is 28.8. The van der Waals surface area contributed by atoms with Crippen molar-refractivity contribution in [3.63, 3.8) is 0 Å².